The number of hydrogen-bond donors (Lipinski definition) is 1. The standard InChI is InChI=1S/C15H24N2O3S/c1-5-19-13(18)15(3,4)12-9-21-14(17-12)16-11-6-7-20-10(2)8-11/h9-11H,5-8H2,1-4H3,(H,16,17). The van der Waals surface area contributed by atoms with Crippen LogP contribution in [0, 0.1) is 0 Å². The van der Waals surface area contributed by atoms with Gasteiger partial charge >= 0.3 is 5.97 Å². The zero-order chi connectivity index (χ0) is 15.5. The van der Waals surface area contributed by atoms with Crippen LogP contribution in [0.3, 0.4) is 0 Å². The van der Waals surface area contributed by atoms with Gasteiger partial charge in [0.15, 0.2) is 5.13 Å². The number of rotatable bonds is 5. The Kier molecular flexibility index (Phi) is 5.22. The second kappa shape index (κ2) is 6.75. The Morgan fingerprint density at radius 2 is 2.38 bits per heavy atom. The van der Waals surface area contributed by atoms with Crippen molar-refractivity contribution in [3.8, 4) is 0 Å². The van der Waals surface area contributed by atoms with Crippen LogP contribution in [0.4, 0.5) is 5.13 Å². The molecule has 2 unspecified atom stereocenters. The van der Waals surface area contributed by atoms with Crippen LogP contribution < -0.4 is 5.32 Å². The predicted octanol–water partition coefficient (Wildman–Crippen LogP) is 2.96. The SMILES string of the molecule is CCOC(=O)C(C)(C)c1csc(NC2CCOC(C)C2)n1. The highest BCUT2D eigenvalue weighted by Crippen LogP contribution is 2.29. The van der Waals surface area contributed by atoms with Crippen LogP contribution in [0.1, 0.15) is 46.2 Å². The molecule has 0 spiro atoms. The number of ether oxygens (including phenoxy) is 2. The molecule has 1 N–H and O–H groups in total. The van der Waals surface area contributed by atoms with Gasteiger partial charge in [-0.1, -0.05) is 0 Å². The van der Waals surface area contributed by atoms with E-state index in [4.69, 9.17) is 9.47 Å². The summed E-state index contributed by atoms with van der Waals surface area (Å²) >= 11 is 1.54. The fraction of sp³-hybridized carbons (Fsp3) is 0.733. The molecule has 5 nitrogen and oxygen atoms in total. The van der Waals surface area contributed by atoms with Crippen molar-refractivity contribution in [2.24, 2.45) is 0 Å². The van der Waals surface area contributed by atoms with Crippen molar-refractivity contribution < 1.29 is 14.3 Å². The molecule has 1 aliphatic rings. The van der Waals surface area contributed by atoms with Crippen LogP contribution in [-0.4, -0.2) is 36.3 Å². The normalized spacial score (nSPS) is 22.9. The lowest BCUT2D eigenvalue weighted by Crippen LogP contribution is -2.33. The van der Waals surface area contributed by atoms with Crippen molar-refractivity contribution in [3.63, 3.8) is 0 Å². The molecule has 1 aromatic heterocycles. The molecule has 1 aliphatic heterocycles. The topological polar surface area (TPSA) is 60.5 Å². The van der Waals surface area contributed by atoms with Gasteiger partial charge in [0.1, 0.15) is 5.41 Å². The van der Waals surface area contributed by atoms with Crippen LogP contribution in [0.25, 0.3) is 0 Å². The van der Waals surface area contributed by atoms with Gasteiger partial charge in [-0.25, -0.2) is 4.98 Å². The molecule has 2 atom stereocenters. The Morgan fingerprint density at radius 1 is 1.62 bits per heavy atom. The van der Waals surface area contributed by atoms with Crippen LogP contribution in [0.15, 0.2) is 5.38 Å². The summed E-state index contributed by atoms with van der Waals surface area (Å²) in [6.45, 7) is 8.77. The molecule has 0 radical (unpaired) electrons. The first-order chi connectivity index (χ1) is 9.93. The lowest BCUT2D eigenvalue weighted by molar-refractivity contribution is -0.148. The summed E-state index contributed by atoms with van der Waals surface area (Å²) in [5.74, 6) is -0.235. The molecular formula is C15H24N2O3S. The number of anilines is 1. The lowest BCUT2D eigenvalue weighted by atomic mass is 9.90. The lowest BCUT2D eigenvalue weighted by Gasteiger charge is -2.27. The van der Waals surface area contributed by atoms with Crippen molar-refractivity contribution in [3.05, 3.63) is 11.1 Å². The van der Waals surface area contributed by atoms with Crippen LogP contribution in [0.5, 0.6) is 0 Å². The van der Waals surface area contributed by atoms with Crippen LogP contribution in [-0.2, 0) is 19.7 Å². The van der Waals surface area contributed by atoms with E-state index in [1.807, 2.05) is 26.2 Å². The number of aromatic nitrogens is 1. The summed E-state index contributed by atoms with van der Waals surface area (Å²) in [7, 11) is 0. The largest absolute Gasteiger partial charge is 0.465 e. The Morgan fingerprint density at radius 3 is 3.05 bits per heavy atom. The Bertz CT molecular complexity index is 487. The molecule has 6 heteroatoms. The molecule has 0 aromatic carbocycles. The van der Waals surface area contributed by atoms with Gasteiger partial charge < -0.3 is 14.8 Å². The third kappa shape index (κ3) is 3.95. The highest BCUT2D eigenvalue weighted by molar-refractivity contribution is 7.13. The van der Waals surface area contributed by atoms with E-state index in [0.29, 0.717) is 12.6 Å². The number of esters is 1. The number of nitrogens with one attached hydrogen (secondary N) is 1. The molecule has 0 saturated carbocycles. The van der Waals surface area contributed by atoms with Crippen molar-refractivity contribution in [1.29, 1.82) is 0 Å². The van der Waals surface area contributed by atoms with Gasteiger partial charge in [-0.2, -0.15) is 0 Å². The summed E-state index contributed by atoms with van der Waals surface area (Å²) in [6, 6.07) is 0.387. The Labute approximate surface area is 130 Å². The molecule has 118 valence electrons. The van der Waals surface area contributed by atoms with Gasteiger partial charge in [-0.3, -0.25) is 4.79 Å². The summed E-state index contributed by atoms with van der Waals surface area (Å²) < 4.78 is 10.7. The number of nitrogens with zero attached hydrogens (tertiary/aromatic N) is 1. The third-order valence-corrected chi connectivity index (χ3v) is 4.52. The fourth-order valence-electron chi connectivity index (χ4n) is 2.35. The maximum atomic E-state index is 12.0. The van der Waals surface area contributed by atoms with Gasteiger partial charge in [-0.15, -0.1) is 11.3 Å². The zero-order valence-corrected chi connectivity index (χ0v) is 14.0. The average Bonchev–Trinajstić information content (AvgIpc) is 2.88. The van der Waals surface area contributed by atoms with Gasteiger partial charge in [0.05, 0.1) is 18.4 Å². The molecule has 1 aromatic rings. The summed E-state index contributed by atoms with van der Waals surface area (Å²) in [5, 5.41) is 6.24. The second-order valence-electron chi connectivity index (χ2n) is 5.93. The number of hydrogen-bond acceptors (Lipinski definition) is 6. The molecule has 0 bridgehead atoms. The van der Waals surface area contributed by atoms with Crippen molar-refractivity contribution in [2.75, 3.05) is 18.5 Å². The zero-order valence-electron chi connectivity index (χ0n) is 13.1. The van der Waals surface area contributed by atoms with Gasteiger partial charge in [-0.05, 0) is 40.5 Å². The van der Waals surface area contributed by atoms with Gasteiger partial charge in [0.25, 0.3) is 0 Å². The van der Waals surface area contributed by atoms with Crippen molar-refractivity contribution >= 4 is 22.4 Å². The van der Waals surface area contributed by atoms with Gasteiger partial charge in [0.2, 0.25) is 0 Å². The van der Waals surface area contributed by atoms with E-state index in [0.717, 1.165) is 30.3 Å². The highest BCUT2D eigenvalue weighted by atomic mass is 32.1. The number of thiazole rings is 1. The first-order valence-electron chi connectivity index (χ1n) is 7.44. The minimum atomic E-state index is -0.713. The predicted molar refractivity (Wildman–Crippen MR) is 83.8 cm³/mol. The molecule has 0 amide bonds. The van der Waals surface area contributed by atoms with E-state index >= 15 is 0 Å². The summed E-state index contributed by atoms with van der Waals surface area (Å²) in [6.07, 6.45) is 2.25. The van der Waals surface area contributed by atoms with E-state index in [1.165, 1.54) is 11.3 Å². The summed E-state index contributed by atoms with van der Waals surface area (Å²) in [5.41, 5.74) is 0.0450. The second-order valence-corrected chi connectivity index (χ2v) is 6.79. The Hall–Kier alpha value is -1.14. The molecule has 2 rings (SSSR count). The maximum absolute atomic E-state index is 12.0. The molecule has 0 aliphatic carbocycles. The molecular weight excluding hydrogens is 288 g/mol. The first kappa shape index (κ1) is 16.2. The summed E-state index contributed by atoms with van der Waals surface area (Å²) in [4.78, 5) is 16.6. The quantitative estimate of drug-likeness (QED) is 0.847. The Balaban J connectivity index is 2.02. The minimum absolute atomic E-state index is 0.235. The third-order valence-electron chi connectivity index (χ3n) is 3.74. The molecule has 1 saturated heterocycles. The fourth-order valence-corrected chi connectivity index (χ4v) is 3.30. The van der Waals surface area contributed by atoms with Crippen LogP contribution >= 0.6 is 11.3 Å². The van der Waals surface area contributed by atoms with Crippen molar-refractivity contribution in [2.45, 2.75) is 58.1 Å². The molecule has 1 fully saturated rings. The van der Waals surface area contributed by atoms with Gasteiger partial charge in [0, 0.05) is 18.0 Å². The van der Waals surface area contributed by atoms with Crippen LogP contribution in [0.2, 0.25) is 0 Å². The number of carbonyl (C=O) groups is 1. The first-order valence-corrected chi connectivity index (χ1v) is 8.32. The maximum Gasteiger partial charge on any atom is 0.317 e. The molecule has 2 heterocycles. The highest BCUT2D eigenvalue weighted by Gasteiger charge is 2.34. The smallest absolute Gasteiger partial charge is 0.317 e. The van der Waals surface area contributed by atoms with E-state index in [1.54, 1.807) is 0 Å². The van der Waals surface area contributed by atoms with E-state index < -0.39 is 5.41 Å². The van der Waals surface area contributed by atoms with E-state index in [-0.39, 0.29) is 12.1 Å². The van der Waals surface area contributed by atoms with E-state index in [9.17, 15) is 4.79 Å². The monoisotopic (exact) mass is 312 g/mol. The number of carbonyl (C=O) groups excluding carboxylic acids is 1. The molecule has 21 heavy (non-hydrogen) atoms. The van der Waals surface area contributed by atoms with Crippen molar-refractivity contribution in [1.82, 2.24) is 4.98 Å². The minimum Gasteiger partial charge on any atom is -0.465 e. The van der Waals surface area contributed by atoms with E-state index in [2.05, 4.69) is 17.2 Å². The average molecular weight is 312 g/mol.